The van der Waals surface area contributed by atoms with Crippen LogP contribution in [0.25, 0.3) is 11.1 Å². The Bertz CT molecular complexity index is 728. The van der Waals surface area contributed by atoms with Gasteiger partial charge in [0.1, 0.15) is 12.4 Å². The number of hydrogen-bond acceptors (Lipinski definition) is 4. The molecule has 1 saturated heterocycles. The number of carbonyl (C=O) groups excluding carboxylic acids is 1. The molecule has 0 spiro atoms. The minimum Gasteiger partial charge on any atom is -0.492 e. The van der Waals surface area contributed by atoms with Crippen LogP contribution in [0.1, 0.15) is 10.4 Å². The van der Waals surface area contributed by atoms with Crippen molar-refractivity contribution in [1.82, 2.24) is 4.90 Å². The molecule has 25 heavy (non-hydrogen) atoms. The van der Waals surface area contributed by atoms with E-state index in [2.05, 4.69) is 0 Å². The number of ether oxygens (including phenoxy) is 2. The molecular formula is C19H21ClN2O3. The van der Waals surface area contributed by atoms with Crippen LogP contribution in [-0.4, -0.2) is 50.3 Å². The number of amides is 1. The fraction of sp³-hybridized carbons (Fsp3) is 0.316. The van der Waals surface area contributed by atoms with Gasteiger partial charge in [0.25, 0.3) is 5.91 Å². The third-order valence-corrected chi connectivity index (χ3v) is 4.24. The summed E-state index contributed by atoms with van der Waals surface area (Å²) < 4.78 is 10.8. The van der Waals surface area contributed by atoms with E-state index in [4.69, 9.17) is 26.8 Å². The molecule has 0 bridgehead atoms. The zero-order valence-electron chi connectivity index (χ0n) is 13.9. The highest BCUT2D eigenvalue weighted by Crippen LogP contribution is 2.29. The number of morpholine rings is 1. The molecule has 2 aromatic rings. The third-order valence-electron chi connectivity index (χ3n) is 4.02. The fourth-order valence-electron chi connectivity index (χ4n) is 2.74. The third kappa shape index (κ3) is 4.51. The molecule has 0 aliphatic carbocycles. The van der Waals surface area contributed by atoms with Crippen LogP contribution in [-0.2, 0) is 4.74 Å². The smallest absolute Gasteiger partial charge is 0.254 e. The Morgan fingerprint density at radius 2 is 1.84 bits per heavy atom. The second-order valence-corrected chi connectivity index (χ2v) is 6.23. The first kappa shape index (κ1) is 17.7. The number of nitrogens with two attached hydrogens (primary N) is 1. The number of halogens is 1. The van der Waals surface area contributed by atoms with E-state index in [1.54, 1.807) is 6.07 Å². The van der Waals surface area contributed by atoms with Crippen molar-refractivity contribution in [2.24, 2.45) is 5.73 Å². The lowest BCUT2D eigenvalue weighted by Crippen LogP contribution is -2.40. The highest BCUT2D eigenvalue weighted by molar-refractivity contribution is 6.31. The maximum absolute atomic E-state index is 12.5. The van der Waals surface area contributed by atoms with Crippen molar-refractivity contribution in [3.05, 3.63) is 53.1 Å². The summed E-state index contributed by atoms with van der Waals surface area (Å²) in [5, 5.41) is 0.595. The molecule has 5 nitrogen and oxygen atoms in total. The largest absolute Gasteiger partial charge is 0.492 e. The van der Waals surface area contributed by atoms with Crippen molar-refractivity contribution in [3.63, 3.8) is 0 Å². The van der Waals surface area contributed by atoms with E-state index in [1.807, 2.05) is 41.3 Å². The van der Waals surface area contributed by atoms with Gasteiger partial charge in [-0.15, -0.1) is 0 Å². The van der Waals surface area contributed by atoms with Crippen molar-refractivity contribution in [2.75, 3.05) is 39.5 Å². The minimum atomic E-state index is 0.0351. The molecule has 6 heteroatoms. The van der Waals surface area contributed by atoms with Crippen molar-refractivity contribution >= 4 is 17.5 Å². The van der Waals surface area contributed by atoms with Crippen LogP contribution in [0.3, 0.4) is 0 Å². The summed E-state index contributed by atoms with van der Waals surface area (Å²) in [7, 11) is 0. The maximum atomic E-state index is 12.5. The van der Waals surface area contributed by atoms with Gasteiger partial charge < -0.3 is 20.1 Å². The van der Waals surface area contributed by atoms with Gasteiger partial charge in [0.15, 0.2) is 0 Å². The molecule has 1 aliphatic heterocycles. The first-order chi connectivity index (χ1) is 12.2. The maximum Gasteiger partial charge on any atom is 0.254 e. The summed E-state index contributed by atoms with van der Waals surface area (Å²) in [5.74, 6) is 0.717. The molecule has 0 radical (unpaired) electrons. The fourth-order valence-corrected chi connectivity index (χ4v) is 2.97. The van der Waals surface area contributed by atoms with Crippen molar-refractivity contribution in [2.45, 2.75) is 0 Å². The normalized spacial score (nSPS) is 14.4. The van der Waals surface area contributed by atoms with Gasteiger partial charge in [-0.2, -0.15) is 0 Å². The van der Waals surface area contributed by atoms with E-state index in [1.165, 1.54) is 0 Å². The van der Waals surface area contributed by atoms with Crippen molar-refractivity contribution in [3.8, 4) is 16.9 Å². The summed E-state index contributed by atoms with van der Waals surface area (Å²) in [4.78, 5) is 14.3. The van der Waals surface area contributed by atoms with Crippen molar-refractivity contribution < 1.29 is 14.3 Å². The highest BCUT2D eigenvalue weighted by Gasteiger charge is 2.18. The Morgan fingerprint density at radius 1 is 1.12 bits per heavy atom. The van der Waals surface area contributed by atoms with Crippen LogP contribution in [0.2, 0.25) is 5.02 Å². The van der Waals surface area contributed by atoms with Crippen molar-refractivity contribution in [1.29, 1.82) is 0 Å². The lowest BCUT2D eigenvalue weighted by Gasteiger charge is -2.26. The molecule has 0 atom stereocenters. The molecule has 0 aromatic heterocycles. The number of hydrogen-bond donors (Lipinski definition) is 1. The summed E-state index contributed by atoms with van der Waals surface area (Å²) in [6.07, 6.45) is 0. The quantitative estimate of drug-likeness (QED) is 0.890. The second kappa shape index (κ2) is 8.34. The van der Waals surface area contributed by atoms with Gasteiger partial charge in [-0.25, -0.2) is 0 Å². The molecule has 0 unspecified atom stereocenters. The first-order valence-corrected chi connectivity index (χ1v) is 8.66. The predicted octanol–water partition coefficient (Wildman–Crippen LogP) is 2.82. The number of benzene rings is 2. The topological polar surface area (TPSA) is 64.8 Å². The summed E-state index contributed by atoms with van der Waals surface area (Å²) >= 11 is 6.18. The molecule has 132 valence electrons. The minimum absolute atomic E-state index is 0.0351. The van der Waals surface area contributed by atoms with E-state index in [9.17, 15) is 4.79 Å². The van der Waals surface area contributed by atoms with Crippen LogP contribution >= 0.6 is 11.6 Å². The first-order valence-electron chi connectivity index (χ1n) is 8.28. The standard InChI is InChI=1S/C19H21ClN2O3/c20-17-11-16(12-18(13-17)25-8-5-21)14-1-3-15(4-2-14)19(23)22-6-9-24-10-7-22/h1-4,11-13H,5-10,21H2. The Morgan fingerprint density at radius 3 is 2.52 bits per heavy atom. The van der Waals surface area contributed by atoms with E-state index in [0.29, 0.717) is 55.8 Å². The SMILES string of the molecule is NCCOc1cc(Cl)cc(-c2ccc(C(=O)N3CCOCC3)cc2)c1. The van der Waals surface area contributed by atoms with Crippen LogP contribution in [0.15, 0.2) is 42.5 Å². The molecular weight excluding hydrogens is 340 g/mol. The van der Waals surface area contributed by atoms with Gasteiger partial charge in [0, 0.05) is 30.2 Å². The van der Waals surface area contributed by atoms with Crippen LogP contribution < -0.4 is 10.5 Å². The zero-order chi connectivity index (χ0) is 17.6. The molecule has 1 amide bonds. The Hall–Kier alpha value is -2.08. The predicted molar refractivity (Wildman–Crippen MR) is 98.2 cm³/mol. The Kier molecular flexibility index (Phi) is 5.91. The van der Waals surface area contributed by atoms with Crippen LogP contribution in [0, 0.1) is 0 Å². The summed E-state index contributed by atoms with van der Waals surface area (Å²) in [5.41, 5.74) is 8.05. The monoisotopic (exact) mass is 360 g/mol. The van der Waals surface area contributed by atoms with E-state index < -0.39 is 0 Å². The van der Waals surface area contributed by atoms with Gasteiger partial charge >= 0.3 is 0 Å². The molecule has 1 heterocycles. The Labute approximate surface area is 152 Å². The average molecular weight is 361 g/mol. The van der Waals surface area contributed by atoms with E-state index >= 15 is 0 Å². The van der Waals surface area contributed by atoms with E-state index in [-0.39, 0.29) is 5.91 Å². The highest BCUT2D eigenvalue weighted by atomic mass is 35.5. The molecule has 2 aromatic carbocycles. The second-order valence-electron chi connectivity index (χ2n) is 5.79. The molecule has 3 rings (SSSR count). The molecule has 0 saturated carbocycles. The van der Waals surface area contributed by atoms with Crippen LogP contribution in [0.4, 0.5) is 0 Å². The van der Waals surface area contributed by atoms with Gasteiger partial charge in [-0.1, -0.05) is 23.7 Å². The molecule has 2 N–H and O–H groups in total. The molecule has 1 fully saturated rings. The lowest BCUT2D eigenvalue weighted by atomic mass is 10.0. The van der Waals surface area contributed by atoms with Gasteiger partial charge in [-0.05, 0) is 41.5 Å². The van der Waals surface area contributed by atoms with Gasteiger partial charge in [0.05, 0.1) is 13.2 Å². The summed E-state index contributed by atoms with van der Waals surface area (Å²) in [6.45, 7) is 3.34. The number of carbonyl (C=O) groups is 1. The summed E-state index contributed by atoms with van der Waals surface area (Å²) in [6, 6.07) is 13.1. The number of nitrogens with zero attached hydrogens (tertiary/aromatic N) is 1. The van der Waals surface area contributed by atoms with Gasteiger partial charge in [0.2, 0.25) is 0 Å². The van der Waals surface area contributed by atoms with Crippen LogP contribution in [0.5, 0.6) is 5.75 Å². The van der Waals surface area contributed by atoms with E-state index in [0.717, 1.165) is 11.1 Å². The molecule has 1 aliphatic rings. The Balaban J connectivity index is 1.77. The number of rotatable bonds is 5. The zero-order valence-corrected chi connectivity index (χ0v) is 14.7. The average Bonchev–Trinajstić information content (AvgIpc) is 2.66. The lowest BCUT2D eigenvalue weighted by molar-refractivity contribution is 0.0303. The van der Waals surface area contributed by atoms with Gasteiger partial charge in [-0.3, -0.25) is 4.79 Å².